The van der Waals surface area contributed by atoms with Crippen molar-refractivity contribution >= 4 is 39.1 Å². The van der Waals surface area contributed by atoms with Crippen LogP contribution in [0.5, 0.6) is 0 Å². The van der Waals surface area contributed by atoms with Gasteiger partial charge in [-0.3, -0.25) is 5.01 Å². The number of carbonyl (C=O) groups is 1. The minimum Gasteiger partial charge on any atom is -0.333 e. The number of sulfonamides is 1. The van der Waals surface area contributed by atoms with Crippen LogP contribution in [0, 0.1) is 13.8 Å². The Kier molecular flexibility index (Phi) is 7.91. The average Bonchev–Trinajstić information content (AvgIpc) is 3.39. The van der Waals surface area contributed by atoms with Crippen LogP contribution < -0.4 is 15.0 Å². The molecule has 5 rings (SSSR count). The first-order chi connectivity index (χ1) is 19.2. The van der Waals surface area contributed by atoms with Gasteiger partial charge in [-0.2, -0.15) is 5.10 Å². The number of aryl methyl sites for hydroxylation is 2. The predicted molar refractivity (Wildman–Crippen MR) is 159 cm³/mol. The van der Waals surface area contributed by atoms with E-state index >= 15 is 0 Å². The molecule has 0 saturated carbocycles. The summed E-state index contributed by atoms with van der Waals surface area (Å²) in [5.41, 5.74) is 6.97. The molecule has 1 aliphatic heterocycles. The van der Waals surface area contributed by atoms with Gasteiger partial charge in [0.1, 0.15) is 0 Å². The molecular weight excluding hydrogens is 544 g/mol. The molecule has 1 unspecified atom stereocenters. The Hall–Kier alpha value is -4.14. The molecule has 0 fully saturated rings. The monoisotopic (exact) mass is 572 g/mol. The third-order valence-corrected chi connectivity index (χ3v) is 8.40. The van der Waals surface area contributed by atoms with Crippen molar-refractivity contribution in [3.05, 3.63) is 130 Å². The van der Waals surface area contributed by atoms with E-state index in [1.54, 1.807) is 12.1 Å². The lowest BCUT2D eigenvalue weighted by Gasteiger charge is -2.24. The summed E-state index contributed by atoms with van der Waals surface area (Å²) in [6.45, 7) is 4.34. The summed E-state index contributed by atoms with van der Waals surface area (Å²) in [6, 6.07) is 28.7. The van der Waals surface area contributed by atoms with E-state index in [9.17, 15) is 13.2 Å². The molecule has 204 valence electrons. The SMILES string of the molecule is Cc1ccc(C)c(C2=NN(c3ccc(S(=O)(=O)NC(=O)NCc4ccccc4)cc3)C(c3ccc(Cl)cc3)C2)c1. The molecule has 0 bridgehead atoms. The molecule has 9 heteroatoms. The largest absolute Gasteiger partial charge is 0.333 e. The van der Waals surface area contributed by atoms with Crippen LogP contribution in [0.2, 0.25) is 5.02 Å². The Morgan fingerprint density at radius 3 is 2.35 bits per heavy atom. The van der Waals surface area contributed by atoms with E-state index < -0.39 is 16.1 Å². The topological polar surface area (TPSA) is 90.9 Å². The molecule has 40 heavy (non-hydrogen) atoms. The first-order valence-corrected chi connectivity index (χ1v) is 14.7. The van der Waals surface area contributed by atoms with Gasteiger partial charge in [0.05, 0.1) is 22.3 Å². The van der Waals surface area contributed by atoms with Gasteiger partial charge in [0.25, 0.3) is 10.0 Å². The van der Waals surface area contributed by atoms with Gasteiger partial charge in [-0.05, 0) is 73.0 Å². The third kappa shape index (κ3) is 6.19. The molecule has 4 aromatic rings. The standard InChI is InChI=1S/C31H29ClN4O3S/c1-21-8-9-22(2)28(18-21)29-19-30(24-10-12-25(32)13-11-24)36(34-29)26-14-16-27(17-15-26)40(38,39)35-31(37)33-20-23-6-4-3-5-7-23/h3-18,30H,19-20H2,1-2H3,(H2,33,35,37). The maximum atomic E-state index is 12.9. The summed E-state index contributed by atoms with van der Waals surface area (Å²) in [7, 11) is -4.07. The fourth-order valence-corrected chi connectivity index (χ4v) is 5.73. The van der Waals surface area contributed by atoms with Crippen LogP contribution in [0.15, 0.2) is 107 Å². The molecule has 2 amide bonds. The first-order valence-electron chi connectivity index (χ1n) is 12.8. The maximum Gasteiger partial charge on any atom is 0.328 e. The Labute approximate surface area is 239 Å². The normalized spacial score (nSPS) is 15.0. The lowest BCUT2D eigenvalue weighted by Crippen LogP contribution is -2.39. The van der Waals surface area contributed by atoms with Gasteiger partial charge in [-0.25, -0.2) is 17.9 Å². The van der Waals surface area contributed by atoms with Crippen molar-refractivity contribution in [1.82, 2.24) is 10.0 Å². The highest BCUT2D eigenvalue weighted by atomic mass is 35.5. The van der Waals surface area contributed by atoms with Gasteiger partial charge < -0.3 is 5.32 Å². The highest BCUT2D eigenvalue weighted by Gasteiger charge is 2.31. The van der Waals surface area contributed by atoms with Crippen LogP contribution in [0.25, 0.3) is 0 Å². The number of nitrogens with one attached hydrogen (secondary N) is 2. The number of nitrogens with zero attached hydrogens (tertiary/aromatic N) is 2. The number of anilines is 1. The van der Waals surface area contributed by atoms with Crippen molar-refractivity contribution < 1.29 is 13.2 Å². The summed E-state index contributed by atoms with van der Waals surface area (Å²) in [5.74, 6) is 0. The van der Waals surface area contributed by atoms with Crippen LogP contribution in [0.3, 0.4) is 0 Å². The lowest BCUT2D eigenvalue weighted by atomic mass is 9.95. The van der Waals surface area contributed by atoms with E-state index in [1.807, 2.05) is 59.6 Å². The Bertz CT molecular complexity index is 1660. The minimum atomic E-state index is -4.07. The molecule has 0 saturated heterocycles. The minimum absolute atomic E-state index is 0.0212. The number of hydrogen-bond acceptors (Lipinski definition) is 5. The van der Waals surface area contributed by atoms with E-state index in [0.29, 0.717) is 11.4 Å². The third-order valence-electron chi connectivity index (χ3n) is 6.80. The Morgan fingerprint density at radius 1 is 0.950 bits per heavy atom. The van der Waals surface area contributed by atoms with Crippen LogP contribution in [-0.4, -0.2) is 20.2 Å². The second-order valence-electron chi connectivity index (χ2n) is 9.75. The fraction of sp³-hybridized carbons (Fsp3) is 0.161. The lowest BCUT2D eigenvalue weighted by molar-refractivity contribution is 0.245. The second kappa shape index (κ2) is 11.5. The molecule has 2 N–H and O–H groups in total. The van der Waals surface area contributed by atoms with E-state index in [4.69, 9.17) is 16.7 Å². The molecule has 0 aliphatic carbocycles. The zero-order valence-electron chi connectivity index (χ0n) is 22.1. The van der Waals surface area contributed by atoms with Crippen molar-refractivity contribution in [2.24, 2.45) is 5.10 Å². The predicted octanol–water partition coefficient (Wildman–Crippen LogP) is 6.50. The van der Waals surface area contributed by atoms with Gasteiger partial charge in [-0.1, -0.05) is 71.8 Å². The van der Waals surface area contributed by atoms with Gasteiger partial charge in [0, 0.05) is 23.6 Å². The molecule has 0 radical (unpaired) electrons. The number of hydrogen-bond donors (Lipinski definition) is 2. The zero-order valence-corrected chi connectivity index (χ0v) is 23.7. The zero-order chi connectivity index (χ0) is 28.3. The number of benzene rings is 4. The quantitative estimate of drug-likeness (QED) is 0.264. The number of rotatable bonds is 7. The molecule has 1 aliphatic rings. The highest BCUT2D eigenvalue weighted by molar-refractivity contribution is 7.90. The van der Waals surface area contributed by atoms with Gasteiger partial charge in [-0.15, -0.1) is 0 Å². The molecule has 0 spiro atoms. The summed E-state index contributed by atoms with van der Waals surface area (Å²) in [6.07, 6.45) is 0.676. The molecule has 1 heterocycles. The Balaban J connectivity index is 1.38. The highest BCUT2D eigenvalue weighted by Crippen LogP contribution is 2.38. The summed E-state index contributed by atoms with van der Waals surface area (Å²) < 4.78 is 27.9. The second-order valence-corrected chi connectivity index (χ2v) is 11.9. The number of urea groups is 1. The van der Waals surface area contributed by atoms with E-state index in [0.717, 1.165) is 39.2 Å². The number of hydrazone groups is 1. The van der Waals surface area contributed by atoms with Gasteiger partial charge >= 0.3 is 6.03 Å². The van der Waals surface area contributed by atoms with Gasteiger partial charge in [0.2, 0.25) is 0 Å². The first kappa shape index (κ1) is 27.4. The number of carbonyl (C=O) groups excluding carboxylic acids is 1. The Morgan fingerprint density at radius 2 is 1.65 bits per heavy atom. The van der Waals surface area contributed by atoms with Crippen LogP contribution in [0.4, 0.5) is 10.5 Å². The van der Waals surface area contributed by atoms with Crippen molar-refractivity contribution in [2.45, 2.75) is 37.8 Å². The molecule has 7 nitrogen and oxygen atoms in total. The van der Waals surface area contributed by atoms with E-state index in [-0.39, 0.29) is 17.5 Å². The van der Waals surface area contributed by atoms with Crippen LogP contribution in [-0.2, 0) is 16.6 Å². The van der Waals surface area contributed by atoms with Crippen molar-refractivity contribution in [1.29, 1.82) is 0 Å². The average molecular weight is 573 g/mol. The van der Waals surface area contributed by atoms with Crippen LogP contribution >= 0.6 is 11.6 Å². The van der Waals surface area contributed by atoms with E-state index in [2.05, 4.69) is 42.1 Å². The fourth-order valence-electron chi connectivity index (χ4n) is 4.68. The van der Waals surface area contributed by atoms with Gasteiger partial charge in [0.15, 0.2) is 0 Å². The summed E-state index contributed by atoms with van der Waals surface area (Å²) >= 11 is 6.15. The maximum absolute atomic E-state index is 12.9. The molecule has 0 aromatic heterocycles. The van der Waals surface area contributed by atoms with Crippen molar-refractivity contribution in [2.75, 3.05) is 5.01 Å². The summed E-state index contributed by atoms with van der Waals surface area (Å²) in [4.78, 5) is 12.3. The van der Waals surface area contributed by atoms with Crippen molar-refractivity contribution in [3.8, 4) is 0 Å². The summed E-state index contributed by atoms with van der Waals surface area (Å²) in [5, 5.41) is 10.1. The number of amides is 2. The van der Waals surface area contributed by atoms with Crippen molar-refractivity contribution in [3.63, 3.8) is 0 Å². The number of halogens is 1. The van der Waals surface area contributed by atoms with Crippen LogP contribution in [0.1, 0.15) is 40.3 Å². The molecule has 4 aromatic carbocycles. The molecular formula is C31H29ClN4O3S. The van der Waals surface area contributed by atoms with E-state index in [1.165, 1.54) is 12.1 Å². The smallest absolute Gasteiger partial charge is 0.328 e. The molecule has 1 atom stereocenters.